The molecular weight excluding hydrogens is 312 g/mol. The average molecular weight is 331 g/mol. The van der Waals surface area contributed by atoms with Crippen LogP contribution in [0.3, 0.4) is 0 Å². The SMILES string of the molecule is CCc1ccc(NC(=O)CN(C(C)=O)c2ccccc2Cl)cc1. The zero-order valence-electron chi connectivity index (χ0n) is 13.2. The summed E-state index contributed by atoms with van der Waals surface area (Å²) in [6.07, 6.45) is 0.943. The average Bonchev–Trinajstić information content (AvgIpc) is 2.54. The highest BCUT2D eigenvalue weighted by Crippen LogP contribution is 2.25. The van der Waals surface area contributed by atoms with Crippen LogP contribution in [0, 0.1) is 0 Å². The van der Waals surface area contributed by atoms with E-state index in [0.717, 1.165) is 6.42 Å². The van der Waals surface area contributed by atoms with Gasteiger partial charge in [0.05, 0.1) is 10.7 Å². The number of rotatable bonds is 5. The van der Waals surface area contributed by atoms with Gasteiger partial charge in [-0.05, 0) is 36.2 Å². The maximum atomic E-state index is 12.2. The molecule has 0 saturated carbocycles. The Morgan fingerprint density at radius 3 is 2.30 bits per heavy atom. The summed E-state index contributed by atoms with van der Waals surface area (Å²) in [7, 11) is 0. The van der Waals surface area contributed by atoms with Gasteiger partial charge < -0.3 is 10.2 Å². The van der Waals surface area contributed by atoms with E-state index in [2.05, 4.69) is 12.2 Å². The molecule has 2 aromatic rings. The van der Waals surface area contributed by atoms with Crippen LogP contribution < -0.4 is 10.2 Å². The number of nitrogens with zero attached hydrogens (tertiary/aromatic N) is 1. The van der Waals surface area contributed by atoms with Crippen LogP contribution in [0.1, 0.15) is 19.4 Å². The number of carbonyl (C=O) groups is 2. The summed E-state index contributed by atoms with van der Waals surface area (Å²) < 4.78 is 0. The Morgan fingerprint density at radius 1 is 1.09 bits per heavy atom. The van der Waals surface area contributed by atoms with Crippen molar-refractivity contribution in [1.29, 1.82) is 0 Å². The van der Waals surface area contributed by atoms with Gasteiger partial charge in [0.1, 0.15) is 6.54 Å². The summed E-state index contributed by atoms with van der Waals surface area (Å²) >= 11 is 6.11. The lowest BCUT2D eigenvalue weighted by atomic mass is 10.1. The Bertz CT molecular complexity index is 698. The maximum Gasteiger partial charge on any atom is 0.244 e. The molecule has 120 valence electrons. The highest BCUT2D eigenvalue weighted by Gasteiger charge is 2.18. The van der Waals surface area contributed by atoms with Crippen LogP contribution in [0.25, 0.3) is 0 Å². The van der Waals surface area contributed by atoms with Crippen LogP contribution in [0.5, 0.6) is 0 Å². The molecular formula is C18H19ClN2O2. The van der Waals surface area contributed by atoms with Crippen LogP contribution >= 0.6 is 11.6 Å². The van der Waals surface area contributed by atoms with E-state index in [1.165, 1.54) is 17.4 Å². The number of nitrogens with one attached hydrogen (secondary N) is 1. The highest BCUT2D eigenvalue weighted by atomic mass is 35.5. The van der Waals surface area contributed by atoms with Crippen molar-refractivity contribution in [2.45, 2.75) is 20.3 Å². The van der Waals surface area contributed by atoms with Crippen molar-refractivity contribution in [3.8, 4) is 0 Å². The van der Waals surface area contributed by atoms with E-state index in [1.807, 2.05) is 24.3 Å². The molecule has 2 amide bonds. The Hall–Kier alpha value is -2.33. The van der Waals surface area contributed by atoms with Gasteiger partial charge in [0.2, 0.25) is 11.8 Å². The molecule has 0 aromatic heterocycles. The van der Waals surface area contributed by atoms with Crippen molar-refractivity contribution in [1.82, 2.24) is 0 Å². The number of halogens is 1. The fourth-order valence-corrected chi connectivity index (χ4v) is 2.44. The predicted molar refractivity (Wildman–Crippen MR) is 93.9 cm³/mol. The van der Waals surface area contributed by atoms with Gasteiger partial charge in [-0.15, -0.1) is 0 Å². The van der Waals surface area contributed by atoms with Gasteiger partial charge in [0.15, 0.2) is 0 Å². The van der Waals surface area contributed by atoms with Gasteiger partial charge in [-0.25, -0.2) is 0 Å². The molecule has 2 rings (SSSR count). The van der Waals surface area contributed by atoms with E-state index in [-0.39, 0.29) is 18.4 Å². The van der Waals surface area contributed by atoms with Gasteiger partial charge in [0.25, 0.3) is 0 Å². The molecule has 0 aliphatic heterocycles. The summed E-state index contributed by atoms with van der Waals surface area (Å²) in [6.45, 7) is 3.39. The molecule has 1 N–H and O–H groups in total. The van der Waals surface area contributed by atoms with Crippen molar-refractivity contribution in [3.63, 3.8) is 0 Å². The largest absolute Gasteiger partial charge is 0.325 e. The second-order valence-corrected chi connectivity index (χ2v) is 5.56. The Labute approximate surface area is 141 Å². The smallest absolute Gasteiger partial charge is 0.244 e. The molecule has 0 radical (unpaired) electrons. The van der Waals surface area contributed by atoms with Crippen LogP contribution in [-0.2, 0) is 16.0 Å². The highest BCUT2D eigenvalue weighted by molar-refractivity contribution is 6.33. The molecule has 23 heavy (non-hydrogen) atoms. The Morgan fingerprint density at radius 2 is 1.74 bits per heavy atom. The van der Waals surface area contributed by atoms with Gasteiger partial charge in [0, 0.05) is 12.6 Å². The first-order valence-corrected chi connectivity index (χ1v) is 7.80. The van der Waals surface area contributed by atoms with E-state index in [4.69, 9.17) is 11.6 Å². The molecule has 0 heterocycles. The van der Waals surface area contributed by atoms with E-state index in [9.17, 15) is 9.59 Å². The quantitative estimate of drug-likeness (QED) is 0.904. The summed E-state index contributed by atoms with van der Waals surface area (Å²) in [5, 5.41) is 3.23. The minimum atomic E-state index is -0.274. The van der Waals surface area contributed by atoms with Crippen molar-refractivity contribution < 1.29 is 9.59 Å². The predicted octanol–water partition coefficient (Wildman–Crippen LogP) is 3.89. The van der Waals surface area contributed by atoms with Gasteiger partial charge in [-0.1, -0.05) is 42.8 Å². The third-order valence-electron chi connectivity index (χ3n) is 3.47. The fraction of sp³-hybridized carbons (Fsp3) is 0.222. The minimum Gasteiger partial charge on any atom is -0.325 e. The van der Waals surface area contributed by atoms with Crippen LogP contribution in [0.2, 0.25) is 5.02 Å². The minimum absolute atomic E-state index is 0.0887. The molecule has 0 bridgehead atoms. The first kappa shape index (κ1) is 17.0. The van der Waals surface area contributed by atoms with E-state index in [1.54, 1.807) is 24.3 Å². The molecule has 0 aliphatic rings. The second kappa shape index (κ2) is 7.79. The topological polar surface area (TPSA) is 49.4 Å². The van der Waals surface area contributed by atoms with Crippen LogP contribution in [-0.4, -0.2) is 18.4 Å². The normalized spacial score (nSPS) is 10.2. The molecule has 0 spiro atoms. The lowest BCUT2D eigenvalue weighted by molar-refractivity contribution is -0.120. The van der Waals surface area contributed by atoms with Crippen molar-refractivity contribution in [2.75, 3.05) is 16.8 Å². The molecule has 5 heteroatoms. The number of hydrogen-bond acceptors (Lipinski definition) is 2. The third-order valence-corrected chi connectivity index (χ3v) is 3.79. The second-order valence-electron chi connectivity index (χ2n) is 5.16. The number of carbonyl (C=O) groups excluding carboxylic acids is 2. The number of amides is 2. The lowest BCUT2D eigenvalue weighted by Gasteiger charge is -2.21. The standard InChI is InChI=1S/C18H19ClN2O2/c1-3-14-8-10-15(11-9-14)20-18(23)12-21(13(2)22)17-7-5-4-6-16(17)19/h4-11H,3,12H2,1-2H3,(H,20,23). The summed E-state index contributed by atoms with van der Waals surface area (Å²) in [5.41, 5.74) is 2.43. The molecule has 0 unspecified atom stereocenters. The first-order valence-electron chi connectivity index (χ1n) is 7.42. The molecule has 0 saturated heterocycles. The Kier molecular flexibility index (Phi) is 5.77. The number of hydrogen-bond donors (Lipinski definition) is 1. The summed E-state index contributed by atoms with van der Waals surface area (Å²) in [4.78, 5) is 25.4. The van der Waals surface area contributed by atoms with Crippen LogP contribution in [0.4, 0.5) is 11.4 Å². The van der Waals surface area contributed by atoms with E-state index >= 15 is 0 Å². The number of benzene rings is 2. The zero-order chi connectivity index (χ0) is 16.8. The molecule has 0 atom stereocenters. The summed E-state index contributed by atoms with van der Waals surface area (Å²) in [5.74, 6) is -0.515. The summed E-state index contributed by atoms with van der Waals surface area (Å²) in [6, 6.07) is 14.6. The maximum absolute atomic E-state index is 12.2. The first-order chi connectivity index (χ1) is 11.0. The van der Waals surface area contributed by atoms with Crippen molar-refractivity contribution >= 4 is 34.8 Å². The van der Waals surface area contributed by atoms with Crippen LogP contribution in [0.15, 0.2) is 48.5 Å². The van der Waals surface area contributed by atoms with Gasteiger partial charge >= 0.3 is 0 Å². The fourth-order valence-electron chi connectivity index (χ4n) is 2.20. The van der Waals surface area contributed by atoms with E-state index in [0.29, 0.717) is 16.4 Å². The number of para-hydroxylation sites is 1. The van der Waals surface area contributed by atoms with E-state index < -0.39 is 0 Å². The molecule has 2 aromatic carbocycles. The van der Waals surface area contributed by atoms with Crippen molar-refractivity contribution in [3.05, 3.63) is 59.1 Å². The molecule has 4 nitrogen and oxygen atoms in total. The zero-order valence-corrected chi connectivity index (χ0v) is 13.9. The van der Waals surface area contributed by atoms with Crippen molar-refractivity contribution in [2.24, 2.45) is 0 Å². The molecule has 0 fully saturated rings. The third kappa shape index (κ3) is 4.57. The Balaban J connectivity index is 2.09. The van der Waals surface area contributed by atoms with Gasteiger partial charge in [-0.3, -0.25) is 9.59 Å². The van der Waals surface area contributed by atoms with Gasteiger partial charge in [-0.2, -0.15) is 0 Å². The molecule has 0 aliphatic carbocycles. The number of anilines is 2. The lowest BCUT2D eigenvalue weighted by Crippen LogP contribution is -2.36. The monoisotopic (exact) mass is 330 g/mol. The number of aryl methyl sites for hydroxylation is 1.